The SMILES string of the molecule is CCc1c(-c2cc(N)c(Cl)c(C(=O)O)n2)ccc(Cl)c1F. The number of halogens is 3. The van der Waals surface area contributed by atoms with E-state index in [1.165, 1.54) is 12.1 Å². The van der Waals surface area contributed by atoms with Crippen LogP contribution in [0.1, 0.15) is 23.0 Å². The average molecular weight is 329 g/mol. The van der Waals surface area contributed by atoms with Crippen molar-refractivity contribution in [2.24, 2.45) is 0 Å². The summed E-state index contributed by atoms with van der Waals surface area (Å²) in [4.78, 5) is 15.1. The Morgan fingerprint density at radius 1 is 1.43 bits per heavy atom. The topological polar surface area (TPSA) is 76.2 Å². The first-order valence-corrected chi connectivity index (χ1v) is 6.79. The van der Waals surface area contributed by atoms with Crippen LogP contribution in [-0.4, -0.2) is 16.1 Å². The highest BCUT2D eigenvalue weighted by Crippen LogP contribution is 2.33. The molecule has 0 amide bonds. The number of hydrogen-bond acceptors (Lipinski definition) is 3. The Hall–Kier alpha value is -1.85. The van der Waals surface area contributed by atoms with Crippen molar-refractivity contribution in [3.63, 3.8) is 0 Å². The van der Waals surface area contributed by atoms with Gasteiger partial charge in [0.2, 0.25) is 0 Å². The van der Waals surface area contributed by atoms with Crippen LogP contribution in [0.15, 0.2) is 18.2 Å². The number of carboxylic acid groups (broad SMARTS) is 1. The quantitative estimate of drug-likeness (QED) is 0.891. The van der Waals surface area contributed by atoms with Gasteiger partial charge < -0.3 is 10.8 Å². The molecule has 110 valence electrons. The van der Waals surface area contributed by atoms with Crippen LogP contribution in [0.25, 0.3) is 11.3 Å². The Bertz CT molecular complexity index is 735. The number of benzene rings is 1. The van der Waals surface area contributed by atoms with Gasteiger partial charge in [-0.05, 0) is 24.1 Å². The molecule has 0 aliphatic carbocycles. The third-order valence-electron chi connectivity index (χ3n) is 3.01. The van der Waals surface area contributed by atoms with Crippen molar-refractivity contribution in [3.8, 4) is 11.3 Å². The molecule has 2 rings (SSSR count). The summed E-state index contributed by atoms with van der Waals surface area (Å²) < 4.78 is 14.1. The molecule has 7 heteroatoms. The Morgan fingerprint density at radius 3 is 2.67 bits per heavy atom. The van der Waals surface area contributed by atoms with Crippen LogP contribution < -0.4 is 5.73 Å². The maximum atomic E-state index is 14.1. The van der Waals surface area contributed by atoms with E-state index in [2.05, 4.69) is 4.98 Å². The number of nitrogens with zero attached hydrogens (tertiary/aromatic N) is 1. The van der Waals surface area contributed by atoms with E-state index in [9.17, 15) is 9.18 Å². The second-order valence-corrected chi connectivity index (χ2v) is 5.09. The molecule has 1 aromatic carbocycles. The zero-order chi connectivity index (χ0) is 15.7. The molecule has 0 unspecified atom stereocenters. The summed E-state index contributed by atoms with van der Waals surface area (Å²) in [6.45, 7) is 1.76. The molecule has 1 heterocycles. The molecule has 0 spiro atoms. The van der Waals surface area contributed by atoms with E-state index in [-0.39, 0.29) is 27.1 Å². The number of carbonyl (C=O) groups is 1. The van der Waals surface area contributed by atoms with Crippen molar-refractivity contribution in [2.75, 3.05) is 5.73 Å². The molecular weight excluding hydrogens is 318 g/mol. The number of nitrogens with two attached hydrogens (primary N) is 1. The summed E-state index contributed by atoms with van der Waals surface area (Å²) in [5.74, 6) is -1.86. The Balaban J connectivity index is 2.74. The highest BCUT2D eigenvalue weighted by atomic mass is 35.5. The van der Waals surface area contributed by atoms with E-state index in [0.717, 1.165) is 0 Å². The summed E-state index contributed by atoms with van der Waals surface area (Å²) in [6, 6.07) is 4.38. The molecule has 21 heavy (non-hydrogen) atoms. The van der Waals surface area contributed by atoms with E-state index in [1.807, 2.05) is 0 Å². The first kappa shape index (κ1) is 15.5. The normalized spacial score (nSPS) is 10.7. The lowest BCUT2D eigenvalue weighted by molar-refractivity contribution is 0.0691. The second kappa shape index (κ2) is 5.87. The van der Waals surface area contributed by atoms with Crippen LogP contribution in [0.5, 0.6) is 0 Å². The number of aromatic carboxylic acids is 1. The summed E-state index contributed by atoms with van der Waals surface area (Å²) in [6.07, 6.45) is 0.369. The smallest absolute Gasteiger partial charge is 0.356 e. The first-order valence-electron chi connectivity index (χ1n) is 6.03. The van der Waals surface area contributed by atoms with Gasteiger partial charge in [0.25, 0.3) is 0 Å². The first-order chi connectivity index (χ1) is 9.86. The Kier molecular flexibility index (Phi) is 4.34. The van der Waals surface area contributed by atoms with Gasteiger partial charge in [0, 0.05) is 5.56 Å². The Morgan fingerprint density at radius 2 is 2.10 bits per heavy atom. The fourth-order valence-electron chi connectivity index (χ4n) is 2.01. The van der Waals surface area contributed by atoms with Crippen LogP contribution >= 0.6 is 23.2 Å². The molecule has 3 N–H and O–H groups in total. The predicted molar refractivity (Wildman–Crippen MR) is 80.4 cm³/mol. The largest absolute Gasteiger partial charge is 0.476 e. The molecule has 0 bridgehead atoms. The third kappa shape index (κ3) is 2.80. The van der Waals surface area contributed by atoms with Gasteiger partial charge in [0.1, 0.15) is 5.82 Å². The summed E-state index contributed by atoms with van der Waals surface area (Å²) in [5.41, 5.74) is 6.41. The van der Waals surface area contributed by atoms with Gasteiger partial charge in [0.05, 0.1) is 21.4 Å². The van der Waals surface area contributed by atoms with Gasteiger partial charge in [0.15, 0.2) is 5.69 Å². The van der Waals surface area contributed by atoms with Crippen molar-refractivity contribution in [3.05, 3.63) is 45.3 Å². The minimum Gasteiger partial charge on any atom is -0.476 e. The van der Waals surface area contributed by atoms with Crippen LogP contribution in [-0.2, 0) is 6.42 Å². The third-order valence-corrected chi connectivity index (χ3v) is 3.70. The maximum absolute atomic E-state index is 14.1. The monoisotopic (exact) mass is 328 g/mol. The van der Waals surface area contributed by atoms with Gasteiger partial charge in [-0.25, -0.2) is 14.2 Å². The van der Waals surface area contributed by atoms with E-state index < -0.39 is 11.8 Å². The molecular formula is C14H11Cl2FN2O2. The lowest BCUT2D eigenvalue weighted by Crippen LogP contribution is -2.06. The molecule has 0 aliphatic heterocycles. The number of nitrogen functional groups attached to an aromatic ring is 1. The molecule has 1 aromatic heterocycles. The minimum absolute atomic E-state index is 0.00371. The van der Waals surface area contributed by atoms with Crippen molar-refractivity contribution in [1.82, 2.24) is 4.98 Å². The number of aromatic nitrogens is 1. The summed E-state index contributed by atoms with van der Waals surface area (Å²) in [7, 11) is 0. The highest BCUT2D eigenvalue weighted by Gasteiger charge is 2.19. The van der Waals surface area contributed by atoms with Gasteiger partial charge in [-0.2, -0.15) is 0 Å². The van der Waals surface area contributed by atoms with Crippen LogP contribution in [0, 0.1) is 5.82 Å². The molecule has 4 nitrogen and oxygen atoms in total. The average Bonchev–Trinajstić information content (AvgIpc) is 2.44. The second-order valence-electron chi connectivity index (χ2n) is 4.31. The molecule has 0 fully saturated rings. The fraction of sp³-hybridized carbons (Fsp3) is 0.143. The van der Waals surface area contributed by atoms with Crippen molar-refractivity contribution in [2.45, 2.75) is 13.3 Å². The van der Waals surface area contributed by atoms with Crippen molar-refractivity contribution >= 4 is 34.9 Å². The van der Waals surface area contributed by atoms with Crippen molar-refractivity contribution < 1.29 is 14.3 Å². The van der Waals surface area contributed by atoms with E-state index in [0.29, 0.717) is 17.5 Å². The van der Waals surface area contributed by atoms with Gasteiger partial charge in [-0.3, -0.25) is 0 Å². The summed E-state index contributed by atoms with van der Waals surface area (Å²) >= 11 is 11.6. The molecule has 0 radical (unpaired) electrons. The zero-order valence-corrected chi connectivity index (χ0v) is 12.5. The lowest BCUT2D eigenvalue weighted by atomic mass is 10.0. The molecule has 0 saturated heterocycles. The van der Waals surface area contributed by atoms with Crippen molar-refractivity contribution in [1.29, 1.82) is 0 Å². The van der Waals surface area contributed by atoms with Gasteiger partial charge in [-0.15, -0.1) is 0 Å². The fourth-order valence-corrected chi connectivity index (χ4v) is 2.36. The number of rotatable bonds is 3. The number of anilines is 1. The zero-order valence-electron chi connectivity index (χ0n) is 11.0. The Labute approximate surface area is 130 Å². The molecule has 0 atom stereocenters. The van der Waals surface area contributed by atoms with Crippen LogP contribution in [0.2, 0.25) is 10.0 Å². The minimum atomic E-state index is -1.30. The van der Waals surface area contributed by atoms with Gasteiger partial charge in [-0.1, -0.05) is 36.2 Å². The molecule has 2 aromatic rings. The number of carboxylic acids is 1. The highest BCUT2D eigenvalue weighted by molar-refractivity contribution is 6.35. The molecule has 0 saturated carbocycles. The lowest BCUT2D eigenvalue weighted by Gasteiger charge is -2.12. The number of hydrogen-bond donors (Lipinski definition) is 2. The molecule has 0 aliphatic rings. The summed E-state index contributed by atoms with van der Waals surface area (Å²) in [5, 5.41) is 8.95. The van der Waals surface area contributed by atoms with E-state index in [4.69, 9.17) is 34.0 Å². The predicted octanol–water partition coefficient (Wildman–Crippen LogP) is 4.04. The number of pyridine rings is 1. The van der Waals surface area contributed by atoms with Crippen LogP contribution in [0.3, 0.4) is 0 Å². The van der Waals surface area contributed by atoms with Crippen LogP contribution in [0.4, 0.5) is 10.1 Å². The maximum Gasteiger partial charge on any atom is 0.356 e. The standard InChI is InChI=1S/C14H11Cl2FN2O2/c1-2-6-7(3-4-8(15)12(6)17)10-5-9(18)11(16)13(19-10)14(20)21/h3-5H,2H2,1H3,(H2,18,19)(H,20,21). The van der Waals surface area contributed by atoms with E-state index in [1.54, 1.807) is 13.0 Å². The van der Waals surface area contributed by atoms with Gasteiger partial charge >= 0.3 is 5.97 Å². The van der Waals surface area contributed by atoms with E-state index >= 15 is 0 Å².